The SMILES string of the molecule is CCCCCCCC(CCCCCC)CCCC(=O)NC. The van der Waals surface area contributed by atoms with Gasteiger partial charge in [0.1, 0.15) is 0 Å². The molecule has 1 N–H and O–H groups in total. The number of hydrogen-bond donors (Lipinski definition) is 1. The highest BCUT2D eigenvalue weighted by Gasteiger charge is 2.09. The van der Waals surface area contributed by atoms with Gasteiger partial charge in [-0.15, -0.1) is 0 Å². The minimum absolute atomic E-state index is 0.197. The molecule has 2 nitrogen and oxygen atoms in total. The van der Waals surface area contributed by atoms with E-state index in [1.807, 2.05) is 0 Å². The minimum atomic E-state index is 0.197. The number of carbonyl (C=O) groups is 1. The van der Waals surface area contributed by atoms with Crippen molar-refractivity contribution < 1.29 is 4.79 Å². The Hall–Kier alpha value is -0.530. The van der Waals surface area contributed by atoms with Crippen LogP contribution in [-0.4, -0.2) is 13.0 Å². The van der Waals surface area contributed by atoms with Gasteiger partial charge in [0.05, 0.1) is 0 Å². The Labute approximate surface area is 133 Å². The molecular weight excluding hydrogens is 258 g/mol. The van der Waals surface area contributed by atoms with Crippen LogP contribution in [0.25, 0.3) is 0 Å². The van der Waals surface area contributed by atoms with Crippen LogP contribution in [0.5, 0.6) is 0 Å². The fourth-order valence-electron chi connectivity index (χ4n) is 3.01. The summed E-state index contributed by atoms with van der Waals surface area (Å²) in [6.45, 7) is 4.55. The van der Waals surface area contributed by atoms with E-state index in [1.54, 1.807) is 7.05 Å². The number of carbonyl (C=O) groups excluding carboxylic acids is 1. The summed E-state index contributed by atoms with van der Waals surface area (Å²) >= 11 is 0. The monoisotopic (exact) mass is 297 g/mol. The first-order chi connectivity index (χ1) is 10.2. The highest BCUT2D eigenvalue weighted by atomic mass is 16.1. The second-order valence-electron chi connectivity index (χ2n) is 6.48. The van der Waals surface area contributed by atoms with E-state index in [2.05, 4.69) is 19.2 Å². The summed E-state index contributed by atoms with van der Waals surface area (Å²) in [5.74, 6) is 1.05. The molecule has 126 valence electrons. The second-order valence-corrected chi connectivity index (χ2v) is 6.48. The lowest BCUT2D eigenvalue weighted by atomic mass is 9.90. The smallest absolute Gasteiger partial charge is 0.219 e. The first-order valence-electron chi connectivity index (χ1n) is 9.45. The van der Waals surface area contributed by atoms with Crippen molar-refractivity contribution in [1.82, 2.24) is 5.32 Å². The number of unbranched alkanes of at least 4 members (excludes halogenated alkanes) is 7. The van der Waals surface area contributed by atoms with Gasteiger partial charge in [-0.1, -0.05) is 84.5 Å². The average molecular weight is 298 g/mol. The topological polar surface area (TPSA) is 29.1 Å². The van der Waals surface area contributed by atoms with Crippen LogP contribution >= 0.6 is 0 Å². The molecule has 0 saturated carbocycles. The van der Waals surface area contributed by atoms with Crippen LogP contribution < -0.4 is 5.32 Å². The number of nitrogens with one attached hydrogen (secondary N) is 1. The molecule has 0 radical (unpaired) electrons. The Balaban J connectivity index is 3.82. The lowest BCUT2D eigenvalue weighted by Gasteiger charge is -2.16. The van der Waals surface area contributed by atoms with Crippen molar-refractivity contribution in [2.24, 2.45) is 5.92 Å². The van der Waals surface area contributed by atoms with Crippen molar-refractivity contribution in [2.75, 3.05) is 7.05 Å². The Morgan fingerprint density at radius 1 is 0.762 bits per heavy atom. The number of hydrogen-bond acceptors (Lipinski definition) is 1. The first kappa shape index (κ1) is 20.5. The van der Waals surface area contributed by atoms with Crippen LogP contribution in [-0.2, 0) is 4.79 Å². The molecule has 0 aliphatic rings. The third-order valence-corrected chi connectivity index (χ3v) is 4.48. The predicted octanol–water partition coefficient (Wildman–Crippen LogP) is 5.85. The van der Waals surface area contributed by atoms with E-state index in [1.165, 1.54) is 77.0 Å². The lowest BCUT2D eigenvalue weighted by molar-refractivity contribution is -0.120. The first-order valence-corrected chi connectivity index (χ1v) is 9.45. The number of rotatable bonds is 15. The summed E-state index contributed by atoms with van der Waals surface area (Å²) in [6.07, 6.45) is 18.1. The summed E-state index contributed by atoms with van der Waals surface area (Å²) in [6, 6.07) is 0. The van der Waals surface area contributed by atoms with E-state index in [-0.39, 0.29) is 5.91 Å². The van der Waals surface area contributed by atoms with Gasteiger partial charge in [-0.3, -0.25) is 4.79 Å². The fourth-order valence-corrected chi connectivity index (χ4v) is 3.01. The lowest BCUT2D eigenvalue weighted by Crippen LogP contribution is -2.17. The predicted molar refractivity (Wildman–Crippen MR) is 93.5 cm³/mol. The molecular formula is C19H39NO. The maximum atomic E-state index is 11.3. The molecule has 0 rings (SSSR count). The molecule has 0 aliphatic heterocycles. The van der Waals surface area contributed by atoms with Gasteiger partial charge in [-0.05, 0) is 18.8 Å². The molecule has 0 aliphatic carbocycles. The van der Waals surface area contributed by atoms with Crippen molar-refractivity contribution in [1.29, 1.82) is 0 Å². The molecule has 2 heteroatoms. The van der Waals surface area contributed by atoms with E-state index in [4.69, 9.17) is 0 Å². The Bertz CT molecular complexity index is 228. The quantitative estimate of drug-likeness (QED) is 0.377. The van der Waals surface area contributed by atoms with E-state index in [9.17, 15) is 4.79 Å². The van der Waals surface area contributed by atoms with E-state index < -0.39 is 0 Å². The van der Waals surface area contributed by atoms with Crippen molar-refractivity contribution in [3.63, 3.8) is 0 Å². The third-order valence-electron chi connectivity index (χ3n) is 4.48. The van der Waals surface area contributed by atoms with Crippen LogP contribution in [0.4, 0.5) is 0 Å². The van der Waals surface area contributed by atoms with Crippen LogP contribution in [0.15, 0.2) is 0 Å². The van der Waals surface area contributed by atoms with E-state index in [0.29, 0.717) is 6.42 Å². The van der Waals surface area contributed by atoms with Gasteiger partial charge in [-0.25, -0.2) is 0 Å². The fraction of sp³-hybridized carbons (Fsp3) is 0.947. The Kier molecular flexibility index (Phi) is 15.5. The molecule has 0 aromatic rings. The van der Waals surface area contributed by atoms with Crippen LogP contribution in [0.3, 0.4) is 0 Å². The van der Waals surface area contributed by atoms with E-state index >= 15 is 0 Å². The maximum Gasteiger partial charge on any atom is 0.219 e. The van der Waals surface area contributed by atoms with Crippen LogP contribution in [0.2, 0.25) is 0 Å². The van der Waals surface area contributed by atoms with Gasteiger partial charge in [-0.2, -0.15) is 0 Å². The second kappa shape index (κ2) is 15.9. The van der Waals surface area contributed by atoms with Gasteiger partial charge < -0.3 is 5.32 Å². The molecule has 0 aromatic heterocycles. The molecule has 21 heavy (non-hydrogen) atoms. The van der Waals surface area contributed by atoms with Gasteiger partial charge in [0.15, 0.2) is 0 Å². The zero-order valence-electron chi connectivity index (χ0n) is 14.9. The van der Waals surface area contributed by atoms with Crippen molar-refractivity contribution >= 4 is 5.91 Å². The van der Waals surface area contributed by atoms with E-state index in [0.717, 1.165) is 12.3 Å². The average Bonchev–Trinajstić information content (AvgIpc) is 2.50. The van der Waals surface area contributed by atoms with Gasteiger partial charge in [0.25, 0.3) is 0 Å². The summed E-state index contributed by atoms with van der Waals surface area (Å²) in [5, 5.41) is 2.73. The highest BCUT2D eigenvalue weighted by Crippen LogP contribution is 2.23. The molecule has 0 aromatic carbocycles. The zero-order chi connectivity index (χ0) is 15.8. The largest absolute Gasteiger partial charge is 0.359 e. The minimum Gasteiger partial charge on any atom is -0.359 e. The zero-order valence-corrected chi connectivity index (χ0v) is 14.9. The van der Waals surface area contributed by atoms with Gasteiger partial charge >= 0.3 is 0 Å². The van der Waals surface area contributed by atoms with Crippen molar-refractivity contribution in [2.45, 2.75) is 104 Å². The Morgan fingerprint density at radius 2 is 1.24 bits per heavy atom. The summed E-state index contributed by atoms with van der Waals surface area (Å²) in [7, 11) is 1.73. The highest BCUT2D eigenvalue weighted by molar-refractivity contribution is 5.75. The van der Waals surface area contributed by atoms with Crippen LogP contribution in [0, 0.1) is 5.92 Å². The van der Waals surface area contributed by atoms with Gasteiger partial charge in [0, 0.05) is 13.5 Å². The van der Waals surface area contributed by atoms with Gasteiger partial charge in [0.2, 0.25) is 5.91 Å². The summed E-state index contributed by atoms with van der Waals surface area (Å²) < 4.78 is 0. The molecule has 0 bridgehead atoms. The maximum absolute atomic E-state index is 11.3. The van der Waals surface area contributed by atoms with Crippen LogP contribution in [0.1, 0.15) is 104 Å². The molecule has 1 unspecified atom stereocenters. The summed E-state index contributed by atoms with van der Waals surface area (Å²) in [5.41, 5.74) is 0. The molecule has 0 saturated heterocycles. The summed E-state index contributed by atoms with van der Waals surface area (Å²) in [4.78, 5) is 11.3. The molecule has 0 spiro atoms. The number of amides is 1. The molecule has 0 heterocycles. The van der Waals surface area contributed by atoms with Crippen molar-refractivity contribution in [3.8, 4) is 0 Å². The molecule has 0 fully saturated rings. The van der Waals surface area contributed by atoms with Crippen molar-refractivity contribution in [3.05, 3.63) is 0 Å². The normalized spacial score (nSPS) is 12.3. The molecule has 1 amide bonds. The standard InChI is InChI=1S/C19H39NO/c1-4-6-8-10-12-15-18(14-11-9-7-5-2)16-13-17-19(21)20-3/h18H,4-17H2,1-3H3,(H,20,21). The molecule has 1 atom stereocenters. The Morgan fingerprint density at radius 3 is 1.76 bits per heavy atom. The third kappa shape index (κ3) is 14.2.